The minimum atomic E-state index is -1.48. The van der Waals surface area contributed by atoms with Gasteiger partial charge in [-0.05, 0) is 59.5 Å². The number of ketones is 2. The molecule has 2 aliphatic carbocycles. The van der Waals surface area contributed by atoms with Crippen molar-refractivity contribution < 1.29 is 14.7 Å². The van der Waals surface area contributed by atoms with Crippen LogP contribution in [0.3, 0.4) is 0 Å². The first-order valence-electron chi connectivity index (χ1n) is 15.4. The molecule has 8 rings (SSSR count). The number of hydrogen-bond donors (Lipinski definition) is 1. The van der Waals surface area contributed by atoms with Crippen molar-refractivity contribution in [1.29, 1.82) is 0 Å². The average molecular weight is 642 g/mol. The van der Waals surface area contributed by atoms with Gasteiger partial charge in [-0.1, -0.05) is 96.5 Å². The Hall–Kier alpha value is -5.47. The van der Waals surface area contributed by atoms with Crippen LogP contribution < -0.4 is 11.4 Å². The summed E-state index contributed by atoms with van der Waals surface area (Å²) in [6.45, 7) is 0.0559. The molecule has 0 bridgehead atoms. The maximum Gasteiger partial charge on any atom is 0.352 e. The predicted molar refractivity (Wildman–Crippen MR) is 178 cm³/mol. The lowest BCUT2D eigenvalue weighted by atomic mass is 9.47. The van der Waals surface area contributed by atoms with Crippen LogP contribution in [-0.2, 0) is 21.5 Å². The van der Waals surface area contributed by atoms with E-state index in [0.29, 0.717) is 33.0 Å². The van der Waals surface area contributed by atoms with Crippen LogP contribution in [0.15, 0.2) is 137 Å². The maximum absolute atomic E-state index is 15.0. The van der Waals surface area contributed by atoms with Crippen molar-refractivity contribution in [3.8, 4) is 11.4 Å². The van der Waals surface area contributed by atoms with Gasteiger partial charge in [-0.3, -0.25) is 9.59 Å². The number of allylic oxidation sites excluding steroid dienone is 4. The first kappa shape index (κ1) is 29.0. The number of phenols is 1. The molecule has 1 fully saturated rings. The van der Waals surface area contributed by atoms with Crippen molar-refractivity contribution in [2.24, 2.45) is 5.92 Å². The van der Waals surface area contributed by atoms with Crippen molar-refractivity contribution in [3.63, 3.8) is 0 Å². The van der Waals surface area contributed by atoms with E-state index in [1.54, 1.807) is 54.6 Å². The molecule has 5 aromatic rings. The first-order chi connectivity index (χ1) is 22.8. The van der Waals surface area contributed by atoms with Gasteiger partial charge in [0.1, 0.15) is 5.75 Å². The van der Waals surface area contributed by atoms with E-state index in [-0.39, 0.29) is 35.9 Å². The fourth-order valence-electron chi connectivity index (χ4n) is 8.04. The Balaban J connectivity index is 1.44. The summed E-state index contributed by atoms with van der Waals surface area (Å²) < 4.78 is 3.94. The van der Waals surface area contributed by atoms with Gasteiger partial charge < -0.3 is 5.11 Å². The third kappa shape index (κ3) is 4.14. The molecular weight excluding hydrogens is 614 g/mol. The lowest BCUT2D eigenvalue weighted by Crippen LogP contribution is -2.58. The fraction of sp³-hybridized carbons (Fsp3) is 0.158. The molecule has 0 amide bonds. The van der Waals surface area contributed by atoms with Gasteiger partial charge in [0, 0.05) is 28.0 Å². The quantitative estimate of drug-likeness (QED) is 0.257. The molecule has 9 heteroatoms. The van der Waals surface area contributed by atoms with E-state index in [9.17, 15) is 24.3 Å². The number of nitrogens with zero attached hydrogens (tertiary/aromatic N) is 3. The number of aromatic hydroxyl groups is 1. The van der Waals surface area contributed by atoms with Gasteiger partial charge in [-0.15, -0.1) is 0 Å². The molecular formula is C38H28ClN3O5. The summed E-state index contributed by atoms with van der Waals surface area (Å²) in [7, 11) is 0. The minimum Gasteiger partial charge on any atom is -0.508 e. The van der Waals surface area contributed by atoms with Crippen LogP contribution in [0.4, 0.5) is 0 Å². The molecule has 1 aromatic heterocycles. The van der Waals surface area contributed by atoms with Gasteiger partial charge in [0.2, 0.25) is 0 Å². The van der Waals surface area contributed by atoms with Gasteiger partial charge in [-0.2, -0.15) is 0 Å². The number of halogens is 1. The standard InChI is InChI=1S/C38H28ClN3O5/c39-25-16-17-32(43)29(20-25)34-27-18-19-40-36(46)41(26-14-8-3-9-15-26)37(47)42(40)31(27)22-30-35(45)28(23-10-4-1-5-11-23)21-33(44)38(30,34)24-12-6-2-7-13-24/h1-18,20-21,30-31,34,43H,19,22H2. The number of aromatic nitrogens is 3. The average Bonchev–Trinajstić information content (AvgIpc) is 3.36. The molecule has 4 atom stereocenters. The van der Waals surface area contributed by atoms with Gasteiger partial charge in [0.25, 0.3) is 0 Å². The van der Waals surface area contributed by atoms with Crippen LogP contribution in [0.5, 0.6) is 5.75 Å². The van der Waals surface area contributed by atoms with E-state index >= 15 is 0 Å². The number of hydrogen-bond acceptors (Lipinski definition) is 5. The molecule has 0 spiro atoms. The van der Waals surface area contributed by atoms with Gasteiger partial charge in [-0.25, -0.2) is 23.5 Å². The van der Waals surface area contributed by atoms with Crippen LogP contribution in [0.25, 0.3) is 11.3 Å². The van der Waals surface area contributed by atoms with Crippen LogP contribution in [0, 0.1) is 5.92 Å². The molecule has 3 aliphatic rings. The zero-order valence-corrected chi connectivity index (χ0v) is 25.7. The predicted octanol–water partition coefficient (Wildman–Crippen LogP) is 5.62. The van der Waals surface area contributed by atoms with E-state index in [1.165, 1.54) is 21.5 Å². The second-order valence-corrected chi connectivity index (χ2v) is 12.6. The third-order valence-electron chi connectivity index (χ3n) is 9.95. The Morgan fingerprint density at radius 1 is 0.787 bits per heavy atom. The lowest BCUT2D eigenvalue weighted by Gasteiger charge is -2.54. The van der Waals surface area contributed by atoms with Crippen LogP contribution in [0.1, 0.15) is 35.1 Å². The minimum absolute atomic E-state index is 0.0559. The highest BCUT2D eigenvalue weighted by Gasteiger charge is 2.63. The number of benzene rings is 4. The number of Topliss-reactive ketones (excluding diaryl/α,β-unsaturated/α-hetero) is 1. The number of carbonyl (C=O) groups excluding carboxylic acids is 2. The Morgan fingerprint density at radius 3 is 2.15 bits per heavy atom. The summed E-state index contributed by atoms with van der Waals surface area (Å²) in [5.74, 6) is -2.48. The summed E-state index contributed by atoms with van der Waals surface area (Å²) in [5.41, 5.74) is 0.442. The number of fused-ring (bicyclic) bond motifs is 4. The van der Waals surface area contributed by atoms with Crippen molar-refractivity contribution >= 4 is 28.7 Å². The molecule has 1 saturated carbocycles. The number of carbonyl (C=O) groups is 2. The molecule has 0 radical (unpaired) electrons. The number of rotatable bonds is 4. The van der Waals surface area contributed by atoms with Crippen LogP contribution in [0.2, 0.25) is 5.02 Å². The summed E-state index contributed by atoms with van der Waals surface area (Å²) in [6.07, 6.45) is 3.37. The van der Waals surface area contributed by atoms with Crippen LogP contribution >= 0.6 is 11.6 Å². The Bertz CT molecular complexity index is 2270. The van der Waals surface area contributed by atoms with Gasteiger partial charge >= 0.3 is 11.4 Å². The van der Waals surface area contributed by atoms with Gasteiger partial charge in [0.05, 0.1) is 23.7 Å². The highest BCUT2D eigenvalue weighted by Crippen LogP contribution is 2.62. The Kier molecular flexibility index (Phi) is 6.66. The zero-order valence-electron chi connectivity index (χ0n) is 25.0. The van der Waals surface area contributed by atoms with E-state index in [4.69, 9.17) is 11.6 Å². The molecule has 47 heavy (non-hydrogen) atoms. The smallest absolute Gasteiger partial charge is 0.352 e. The highest BCUT2D eigenvalue weighted by atomic mass is 35.5. The van der Waals surface area contributed by atoms with E-state index in [2.05, 4.69) is 0 Å². The summed E-state index contributed by atoms with van der Waals surface area (Å²) >= 11 is 6.55. The monoisotopic (exact) mass is 641 g/mol. The maximum atomic E-state index is 15.0. The molecule has 8 nitrogen and oxygen atoms in total. The van der Waals surface area contributed by atoms with Crippen molar-refractivity contribution in [2.75, 3.05) is 0 Å². The van der Waals surface area contributed by atoms with E-state index in [0.717, 1.165) is 4.57 Å². The van der Waals surface area contributed by atoms with Crippen LogP contribution in [-0.4, -0.2) is 30.6 Å². The molecule has 4 aromatic carbocycles. The zero-order chi connectivity index (χ0) is 32.4. The Morgan fingerprint density at radius 2 is 1.45 bits per heavy atom. The van der Waals surface area contributed by atoms with Crippen molar-refractivity contribution in [1.82, 2.24) is 13.9 Å². The molecule has 0 saturated heterocycles. The molecule has 1 N–H and O–H groups in total. The van der Waals surface area contributed by atoms with Gasteiger partial charge in [0.15, 0.2) is 11.6 Å². The summed E-state index contributed by atoms with van der Waals surface area (Å²) in [5, 5.41) is 11.8. The second-order valence-electron chi connectivity index (χ2n) is 12.2. The number of phenolic OH excluding ortho intramolecular Hbond substituents is 1. The summed E-state index contributed by atoms with van der Waals surface area (Å²) in [6, 6.07) is 30.8. The van der Waals surface area contributed by atoms with Crippen molar-refractivity contribution in [2.45, 2.75) is 30.3 Å². The number of para-hydroxylation sites is 1. The van der Waals surface area contributed by atoms with Crippen molar-refractivity contribution in [3.05, 3.63) is 170 Å². The molecule has 232 valence electrons. The molecule has 2 heterocycles. The molecule has 4 unspecified atom stereocenters. The SMILES string of the molecule is O=C1C(c2ccccc2)=CC(=O)C2(c3ccccc3)C1CC1C(=CCn3c(=O)n(-c4ccccc4)c(=O)n31)C2c1cc(Cl)ccc1O. The second kappa shape index (κ2) is 10.8. The third-order valence-corrected chi connectivity index (χ3v) is 10.2. The normalized spacial score (nSPS) is 23.3. The molecule has 1 aliphatic heterocycles. The fourth-order valence-corrected chi connectivity index (χ4v) is 8.22. The highest BCUT2D eigenvalue weighted by molar-refractivity contribution is 6.32. The largest absolute Gasteiger partial charge is 0.508 e. The summed E-state index contributed by atoms with van der Waals surface area (Å²) in [4.78, 5) is 57.9. The Labute approximate surface area is 274 Å². The lowest BCUT2D eigenvalue weighted by molar-refractivity contribution is -0.133. The first-order valence-corrected chi connectivity index (χ1v) is 15.8. The van der Waals surface area contributed by atoms with E-state index in [1.807, 2.05) is 54.6 Å². The van der Waals surface area contributed by atoms with E-state index < -0.39 is 34.7 Å². The topological polar surface area (TPSA) is 103 Å².